The Kier molecular flexibility index (Phi) is 4.60. The summed E-state index contributed by atoms with van der Waals surface area (Å²) in [4.78, 5) is 0.00167. The van der Waals surface area contributed by atoms with E-state index in [0.717, 1.165) is 11.6 Å². The molecule has 0 aromatic heterocycles. The van der Waals surface area contributed by atoms with Crippen molar-refractivity contribution in [1.82, 2.24) is 0 Å². The van der Waals surface area contributed by atoms with Gasteiger partial charge in [-0.2, -0.15) is 0 Å². The van der Waals surface area contributed by atoms with Crippen molar-refractivity contribution in [2.45, 2.75) is 11.8 Å². The molecule has 0 bridgehead atoms. The average molecular weight is 438 g/mol. The van der Waals surface area contributed by atoms with Crippen LogP contribution in [0.15, 0.2) is 44.2 Å². The summed E-state index contributed by atoms with van der Waals surface area (Å²) in [5.74, 6) is -0.699. The molecular formula is C13H11Br2FN2O2S. The van der Waals surface area contributed by atoms with Crippen molar-refractivity contribution in [2.24, 2.45) is 0 Å². The van der Waals surface area contributed by atoms with Crippen LogP contribution in [0.4, 0.5) is 15.8 Å². The monoisotopic (exact) mass is 436 g/mol. The molecule has 2 aromatic carbocycles. The summed E-state index contributed by atoms with van der Waals surface area (Å²) in [6.07, 6.45) is 0. The van der Waals surface area contributed by atoms with E-state index in [0.29, 0.717) is 8.95 Å². The summed E-state index contributed by atoms with van der Waals surface area (Å²) < 4.78 is 41.6. The summed E-state index contributed by atoms with van der Waals surface area (Å²) in [6, 6.07) is 6.79. The zero-order valence-electron chi connectivity index (χ0n) is 10.8. The number of rotatable bonds is 3. The first-order chi connectivity index (χ1) is 9.70. The van der Waals surface area contributed by atoms with Gasteiger partial charge in [-0.15, -0.1) is 0 Å². The van der Waals surface area contributed by atoms with Crippen LogP contribution in [0.25, 0.3) is 0 Å². The maximum absolute atomic E-state index is 13.7. The summed E-state index contributed by atoms with van der Waals surface area (Å²) in [5.41, 5.74) is 6.48. The third-order valence-electron chi connectivity index (χ3n) is 2.74. The lowest BCUT2D eigenvalue weighted by Crippen LogP contribution is -2.15. The van der Waals surface area contributed by atoms with Crippen molar-refractivity contribution in [3.8, 4) is 0 Å². The maximum atomic E-state index is 13.7. The number of sulfonamides is 1. The highest BCUT2D eigenvalue weighted by molar-refractivity contribution is 9.11. The van der Waals surface area contributed by atoms with E-state index in [1.54, 1.807) is 6.07 Å². The predicted octanol–water partition coefficient (Wildman–Crippen LogP) is 4.04. The average Bonchev–Trinajstić information content (AvgIpc) is 2.37. The molecule has 0 spiro atoms. The molecule has 0 radical (unpaired) electrons. The first-order valence-electron chi connectivity index (χ1n) is 5.74. The quantitative estimate of drug-likeness (QED) is 0.711. The summed E-state index contributed by atoms with van der Waals surface area (Å²) >= 11 is 6.48. The van der Waals surface area contributed by atoms with E-state index in [1.165, 1.54) is 18.2 Å². The third kappa shape index (κ3) is 3.56. The second-order valence-corrected chi connectivity index (χ2v) is 7.74. The molecule has 0 unspecified atom stereocenters. The highest BCUT2D eigenvalue weighted by Crippen LogP contribution is 2.30. The number of benzene rings is 2. The zero-order valence-corrected chi connectivity index (χ0v) is 14.8. The minimum atomic E-state index is -3.94. The Morgan fingerprint density at radius 3 is 2.48 bits per heavy atom. The minimum absolute atomic E-state index is 0.00167. The van der Waals surface area contributed by atoms with E-state index >= 15 is 0 Å². The molecular weight excluding hydrogens is 427 g/mol. The normalized spacial score (nSPS) is 11.4. The molecule has 2 aromatic rings. The molecule has 0 amide bonds. The van der Waals surface area contributed by atoms with Crippen molar-refractivity contribution in [3.63, 3.8) is 0 Å². The highest BCUT2D eigenvalue weighted by atomic mass is 79.9. The molecule has 0 aliphatic carbocycles. The van der Waals surface area contributed by atoms with Crippen LogP contribution in [-0.4, -0.2) is 8.42 Å². The lowest BCUT2D eigenvalue weighted by molar-refractivity contribution is 0.598. The maximum Gasteiger partial charge on any atom is 0.263 e. The number of aryl methyl sites for hydroxylation is 1. The van der Waals surface area contributed by atoms with Crippen molar-refractivity contribution < 1.29 is 12.8 Å². The first kappa shape index (κ1) is 16.3. The molecule has 3 N–H and O–H groups in total. The van der Waals surface area contributed by atoms with Gasteiger partial charge in [-0.1, -0.05) is 15.9 Å². The summed E-state index contributed by atoms with van der Waals surface area (Å²) in [6.45, 7) is 1.83. The molecule has 8 heteroatoms. The van der Waals surface area contributed by atoms with Crippen LogP contribution in [0.3, 0.4) is 0 Å². The first-order valence-corrected chi connectivity index (χ1v) is 8.81. The Labute approximate surface area is 138 Å². The molecule has 112 valence electrons. The Bertz CT molecular complexity index is 810. The fourth-order valence-corrected chi connectivity index (χ4v) is 4.39. The minimum Gasteiger partial charge on any atom is -0.399 e. The highest BCUT2D eigenvalue weighted by Gasteiger charge is 2.20. The fraction of sp³-hybridized carbons (Fsp3) is 0.0769. The van der Waals surface area contributed by atoms with Gasteiger partial charge in [-0.3, -0.25) is 4.72 Å². The van der Waals surface area contributed by atoms with Crippen LogP contribution in [0.5, 0.6) is 0 Å². The van der Waals surface area contributed by atoms with E-state index in [-0.39, 0.29) is 16.3 Å². The van der Waals surface area contributed by atoms with Gasteiger partial charge in [-0.25, -0.2) is 12.8 Å². The number of nitrogens with two attached hydrogens (primary N) is 1. The van der Waals surface area contributed by atoms with Crippen LogP contribution in [0.2, 0.25) is 0 Å². The molecule has 0 heterocycles. The van der Waals surface area contributed by atoms with Gasteiger partial charge in [0.15, 0.2) is 0 Å². The van der Waals surface area contributed by atoms with E-state index in [2.05, 4.69) is 36.6 Å². The van der Waals surface area contributed by atoms with E-state index in [9.17, 15) is 12.8 Å². The van der Waals surface area contributed by atoms with Gasteiger partial charge >= 0.3 is 0 Å². The number of hydrogen-bond donors (Lipinski definition) is 2. The SMILES string of the molecule is Cc1cc(Br)c(S(=O)(=O)Nc2cc(N)ccc2F)cc1Br. The topological polar surface area (TPSA) is 72.2 Å². The third-order valence-corrected chi connectivity index (χ3v) is 5.92. The predicted molar refractivity (Wildman–Crippen MR) is 88.2 cm³/mol. The van der Waals surface area contributed by atoms with Crippen LogP contribution >= 0.6 is 31.9 Å². The molecule has 4 nitrogen and oxygen atoms in total. The molecule has 0 fully saturated rings. The Morgan fingerprint density at radius 1 is 1.14 bits per heavy atom. The molecule has 0 aliphatic heterocycles. The zero-order chi connectivity index (χ0) is 15.8. The van der Waals surface area contributed by atoms with E-state index in [1.807, 2.05) is 6.92 Å². The molecule has 2 rings (SSSR count). The summed E-state index contributed by atoms with van der Waals surface area (Å²) in [5, 5.41) is 0. The van der Waals surface area contributed by atoms with Crippen molar-refractivity contribution in [2.75, 3.05) is 10.5 Å². The van der Waals surface area contributed by atoms with Gasteiger partial charge in [0, 0.05) is 14.6 Å². The molecule has 0 saturated carbocycles. The van der Waals surface area contributed by atoms with Crippen LogP contribution in [-0.2, 0) is 10.0 Å². The molecule has 21 heavy (non-hydrogen) atoms. The number of anilines is 2. The molecule has 0 saturated heterocycles. The van der Waals surface area contributed by atoms with Crippen molar-refractivity contribution >= 4 is 53.3 Å². The van der Waals surface area contributed by atoms with E-state index in [4.69, 9.17) is 5.73 Å². The fourth-order valence-electron chi connectivity index (χ4n) is 1.65. The van der Waals surface area contributed by atoms with Crippen molar-refractivity contribution in [3.05, 3.63) is 50.7 Å². The number of nitrogens with one attached hydrogen (secondary N) is 1. The van der Waals surface area contributed by atoms with Gasteiger partial charge in [-0.05, 0) is 58.7 Å². The van der Waals surface area contributed by atoms with Gasteiger partial charge in [0.1, 0.15) is 10.7 Å². The van der Waals surface area contributed by atoms with Crippen molar-refractivity contribution in [1.29, 1.82) is 0 Å². The largest absolute Gasteiger partial charge is 0.399 e. The Morgan fingerprint density at radius 2 is 1.81 bits per heavy atom. The lowest BCUT2D eigenvalue weighted by Gasteiger charge is -2.12. The van der Waals surface area contributed by atoms with Gasteiger partial charge in [0.25, 0.3) is 10.0 Å². The second-order valence-electron chi connectivity index (χ2n) is 4.38. The molecule has 0 atom stereocenters. The van der Waals surface area contributed by atoms with Gasteiger partial charge in [0.05, 0.1) is 5.69 Å². The standard InChI is InChI=1S/C13H11Br2FN2O2S/c1-7-4-10(15)13(6-9(7)14)21(19,20)18-12-5-8(17)2-3-11(12)16/h2-6,18H,17H2,1H3. The number of nitrogen functional groups attached to an aromatic ring is 1. The second kappa shape index (κ2) is 5.94. The lowest BCUT2D eigenvalue weighted by atomic mass is 10.2. The smallest absolute Gasteiger partial charge is 0.263 e. The van der Waals surface area contributed by atoms with Gasteiger partial charge in [0.2, 0.25) is 0 Å². The van der Waals surface area contributed by atoms with Gasteiger partial charge < -0.3 is 5.73 Å². The van der Waals surface area contributed by atoms with E-state index < -0.39 is 15.8 Å². The summed E-state index contributed by atoms with van der Waals surface area (Å²) in [7, 11) is -3.94. The van der Waals surface area contributed by atoms with Crippen LogP contribution in [0.1, 0.15) is 5.56 Å². The van der Waals surface area contributed by atoms with Crippen LogP contribution < -0.4 is 10.5 Å². The Hall–Kier alpha value is -1.12. The number of hydrogen-bond acceptors (Lipinski definition) is 3. The van der Waals surface area contributed by atoms with Crippen LogP contribution in [0, 0.1) is 12.7 Å². The molecule has 0 aliphatic rings. The number of halogens is 3. The Balaban J connectivity index is 2.48.